The molecule has 0 heterocycles. The first-order valence-corrected chi connectivity index (χ1v) is 5.38. The lowest BCUT2D eigenvalue weighted by atomic mass is 9.87. The maximum Gasteiger partial charge on any atom is 0.317 e. The van der Waals surface area contributed by atoms with Crippen LogP contribution in [0.25, 0.3) is 0 Å². The van der Waals surface area contributed by atoms with E-state index in [1.54, 1.807) is 11.9 Å². The van der Waals surface area contributed by atoms with Gasteiger partial charge in [0.1, 0.15) is 0 Å². The summed E-state index contributed by atoms with van der Waals surface area (Å²) in [7, 11) is 1.71. The fourth-order valence-electron chi connectivity index (χ4n) is 1.16. The lowest BCUT2D eigenvalue weighted by Gasteiger charge is -2.35. The number of hydrogen-bond acceptors (Lipinski definition) is 2. The highest BCUT2D eigenvalue weighted by molar-refractivity contribution is 5.75. The van der Waals surface area contributed by atoms with Crippen LogP contribution in [0.4, 0.5) is 4.79 Å². The SMILES string of the molecule is CC(N(C)C(=O)NCCC(=O)O)C(C)(C)C. The molecule has 0 aliphatic rings. The van der Waals surface area contributed by atoms with E-state index >= 15 is 0 Å². The first kappa shape index (κ1) is 14.7. The van der Waals surface area contributed by atoms with Crippen molar-refractivity contribution in [3.63, 3.8) is 0 Å². The van der Waals surface area contributed by atoms with Gasteiger partial charge in [-0.1, -0.05) is 20.8 Å². The standard InChI is InChI=1S/C11H22N2O3/c1-8(11(2,3)4)13(5)10(16)12-7-6-9(14)15/h8H,6-7H2,1-5H3,(H,12,16)(H,14,15). The lowest BCUT2D eigenvalue weighted by Crippen LogP contribution is -2.47. The molecule has 1 atom stereocenters. The molecule has 5 nitrogen and oxygen atoms in total. The molecule has 2 amide bonds. The summed E-state index contributed by atoms with van der Waals surface area (Å²) in [5, 5.41) is 11.0. The highest BCUT2D eigenvalue weighted by atomic mass is 16.4. The van der Waals surface area contributed by atoms with Gasteiger partial charge in [-0.3, -0.25) is 4.79 Å². The van der Waals surface area contributed by atoms with Crippen molar-refractivity contribution in [2.45, 2.75) is 40.2 Å². The molecule has 0 spiro atoms. The number of nitrogens with zero attached hydrogens (tertiary/aromatic N) is 1. The predicted molar refractivity (Wildman–Crippen MR) is 62.3 cm³/mol. The molecular formula is C11H22N2O3. The lowest BCUT2D eigenvalue weighted by molar-refractivity contribution is -0.136. The van der Waals surface area contributed by atoms with Crippen LogP contribution in [0.3, 0.4) is 0 Å². The molecular weight excluding hydrogens is 208 g/mol. The first-order chi connectivity index (χ1) is 7.16. The summed E-state index contributed by atoms with van der Waals surface area (Å²) in [6.45, 7) is 8.29. The van der Waals surface area contributed by atoms with Crippen LogP contribution in [0.1, 0.15) is 34.1 Å². The second-order valence-electron chi connectivity index (χ2n) is 5.03. The smallest absolute Gasteiger partial charge is 0.317 e. The van der Waals surface area contributed by atoms with Gasteiger partial charge in [0, 0.05) is 19.6 Å². The van der Waals surface area contributed by atoms with Crippen LogP contribution in [0, 0.1) is 5.41 Å². The zero-order chi connectivity index (χ0) is 12.9. The Morgan fingerprint density at radius 2 is 1.88 bits per heavy atom. The van der Waals surface area contributed by atoms with Gasteiger partial charge in [-0.2, -0.15) is 0 Å². The van der Waals surface area contributed by atoms with E-state index in [1.165, 1.54) is 0 Å². The number of carbonyl (C=O) groups is 2. The summed E-state index contributed by atoms with van der Waals surface area (Å²) in [6.07, 6.45) is -0.0521. The number of carbonyl (C=O) groups excluding carboxylic acids is 1. The van der Waals surface area contributed by atoms with E-state index in [0.29, 0.717) is 0 Å². The van der Waals surface area contributed by atoms with Crippen molar-refractivity contribution in [3.8, 4) is 0 Å². The van der Waals surface area contributed by atoms with E-state index in [0.717, 1.165) is 0 Å². The fraction of sp³-hybridized carbons (Fsp3) is 0.818. The van der Waals surface area contributed by atoms with Crippen LogP contribution in [-0.2, 0) is 4.79 Å². The van der Waals surface area contributed by atoms with Crippen LogP contribution in [0.2, 0.25) is 0 Å². The summed E-state index contributed by atoms with van der Waals surface area (Å²) in [6, 6.07) is -0.152. The van der Waals surface area contributed by atoms with Gasteiger partial charge in [-0.05, 0) is 12.3 Å². The maximum absolute atomic E-state index is 11.6. The van der Waals surface area contributed by atoms with Gasteiger partial charge in [-0.15, -0.1) is 0 Å². The number of carboxylic acid groups (broad SMARTS) is 1. The van der Waals surface area contributed by atoms with Gasteiger partial charge in [0.25, 0.3) is 0 Å². The maximum atomic E-state index is 11.6. The van der Waals surface area contributed by atoms with E-state index in [1.807, 2.05) is 6.92 Å². The summed E-state index contributed by atoms with van der Waals surface area (Å²) in [5.41, 5.74) is -0.00110. The van der Waals surface area contributed by atoms with Gasteiger partial charge < -0.3 is 15.3 Å². The average Bonchev–Trinajstić information content (AvgIpc) is 2.13. The minimum Gasteiger partial charge on any atom is -0.481 e. The number of carboxylic acids is 1. The van der Waals surface area contributed by atoms with Gasteiger partial charge in [0.05, 0.1) is 6.42 Å². The molecule has 0 aliphatic heterocycles. The Kier molecular flexibility index (Phi) is 5.27. The molecule has 0 aromatic heterocycles. The fourth-order valence-corrected chi connectivity index (χ4v) is 1.16. The van der Waals surface area contributed by atoms with E-state index < -0.39 is 5.97 Å². The molecule has 0 aliphatic carbocycles. The third-order valence-electron chi connectivity index (χ3n) is 2.77. The van der Waals surface area contributed by atoms with E-state index in [9.17, 15) is 9.59 Å². The van der Waals surface area contributed by atoms with Crippen LogP contribution in [0.5, 0.6) is 0 Å². The highest BCUT2D eigenvalue weighted by Gasteiger charge is 2.26. The Labute approximate surface area is 96.8 Å². The first-order valence-electron chi connectivity index (χ1n) is 5.38. The summed E-state index contributed by atoms with van der Waals surface area (Å²) in [5.74, 6) is -0.910. The summed E-state index contributed by atoms with van der Waals surface area (Å²) in [4.78, 5) is 23.5. The van der Waals surface area contributed by atoms with Crippen molar-refractivity contribution >= 4 is 12.0 Å². The number of nitrogens with one attached hydrogen (secondary N) is 1. The average molecular weight is 230 g/mol. The number of aliphatic carboxylic acids is 1. The minimum absolute atomic E-state index is 0.00110. The van der Waals surface area contributed by atoms with Crippen molar-refractivity contribution in [1.29, 1.82) is 0 Å². The predicted octanol–water partition coefficient (Wildman–Crippen LogP) is 1.54. The molecule has 5 heteroatoms. The molecule has 1 unspecified atom stereocenters. The Hall–Kier alpha value is -1.26. The second kappa shape index (κ2) is 5.72. The third kappa shape index (κ3) is 5.00. The molecule has 2 N–H and O–H groups in total. The van der Waals surface area contributed by atoms with Crippen LogP contribution in [-0.4, -0.2) is 41.6 Å². The van der Waals surface area contributed by atoms with Gasteiger partial charge >= 0.3 is 12.0 Å². The molecule has 0 rings (SSSR count). The van der Waals surface area contributed by atoms with Crippen molar-refractivity contribution in [2.24, 2.45) is 5.41 Å². The molecule has 0 radical (unpaired) electrons. The second-order valence-corrected chi connectivity index (χ2v) is 5.03. The number of hydrogen-bond donors (Lipinski definition) is 2. The van der Waals surface area contributed by atoms with Gasteiger partial charge in [-0.25, -0.2) is 4.79 Å². The monoisotopic (exact) mass is 230 g/mol. The normalized spacial score (nSPS) is 13.1. The molecule has 0 aromatic carbocycles. The van der Waals surface area contributed by atoms with E-state index in [4.69, 9.17) is 5.11 Å². The number of urea groups is 1. The number of amides is 2. The van der Waals surface area contributed by atoms with Crippen molar-refractivity contribution < 1.29 is 14.7 Å². The number of rotatable bonds is 4. The largest absolute Gasteiger partial charge is 0.481 e. The summed E-state index contributed by atoms with van der Waals surface area (Å²) >= 11 is 0. The van der Waals surface area contributed by atoms with E-state index in [2.05, 4.69) is 26.1 Å². The van der Waals surface area contributed by atoms with E-state index in [-0.39, 0.29) is 30.5 Å². The third-order valence-corrected chi connectivity index (χ3v) is 2.77. The quantitative estimate of drug-likeness (QED) is 0.769. The molecule has 0 bridgehead atoms. The molecule has 94 valence electrons. The molecule has 0 saturated heterocycles. The Bertz CT molecular complexity index is 258. The van der Waals surface area contributed by atoms with Crippen LogP contribution in [0.15, 0.2) is 0 Å². The molecule has 16 heavy (non-hydrogen) atoms. The molecule has 0 saturated carbocycles. The van der Waals surface area contributed by atoms with Crippen molar-refractivity contribution in [3.05, 3.63) is 0 Å². The Morgan fingerprint density at radius 3 is 2.25 bits per heavy atom. The van der Waals surface area contributed by atoms with Gasteiger partial charge in [0.15, 0.2) is 0 Å². The Balaban J connectivity index is 4.14. The van der Waals surface area contributed by atoms with Crippen LogP contribution >= 0.6 is 0 Å². The van der Waals surface area contributed by atoms with Crippen molar-refractivity contribution in [1.82, 2.24) is 10.2 Å². The van der Waals surface area contributed by atoms with Gasteiger partial charge in [0.2, 0.25) is 0 Å². The topological polar surface area (TPSA) is 69.6 Å². The minimum atomic E-state index is -0.910. The van der Waals surface area contributed by atoms with Crippen molar-refractivity contribution in [2.75, 3.05) is 13.6 Å². The molecule has 0 aromatic rings. The van der Waals surface area contributed by atoms with Crippen LogP contribution < -0.4 is 5.32 Å². The Morgan fingerprint density at radius 1 is 1.38 bits per heavy atom. The highest BCUT2D eigenvalue weighted by Crippen LogP contribution is 2.22. The zero-order valence-electron chi connectivity index (χ0n) is 10.7. The summed E-state index contributed by atoms with van der Waals surface area (Å²) < 4.78 is 0. The molecule has 0 fully saturated rings. The zero-order valence-corrected chi connectivity index (χ0v) is 10.7.